The van der Waals surface area contributed by atoms with Crippen molar-refractivity contribution in [3.63, 3.8) is 0 Å². The fraction of sp³-hybridized carbons (Fsp3) is 0.0800. The molecule has 0 atom stereocenters. The van der Waals surface area contributed by atoms with Crippen LogP contribution in [0.4, 0.5) is 5.82 Å². The lowest BCUT2D eigenvalue weighted by atomic mass is 10.1. The second-order valence-corrected chi connectivity index (χ2v) is 7.32. The number of benzene rings is 1. The Balaban J connectivity index is 1.47. The summed E-state index contributed by atoms with van der Waals surface area (Å²) in [5, 5.41) is 7.42. The van der Waals surface area contributed by atoms with Gasteiger partial charge < -0.3 is 14.6 Å². The van der Waals surface area contributed by atoms with E-state index in [0.717, 1.165) is 11.1 Å². The third-order valence-electron chi connectivity index (χ3n) is 5.08. The summed E-state index contributed by atoms with van der Waals surface area (Å²) in [6, 6.07) is 18.5. The average Bonchev–Trinajstić information content (AvgIpc) is 3.24. The third kappa shape index (κ3) is 4.27. The summed E-state index contributed by atoms with van der Waals surface area (Å²) < 4.78 is 11.3. The predicted molar refractivity (Wildman–Crippen MR) is 123 cm³/mol. The number of carbonyl (C=O) groups is 1. The number of aryl methyl sites for hydroxylation is 1. The number of rotatable bonds is 6. The normalized spacial score (nSPS) is 10.8. The summed E-state index contributed by atoms with van der Waals surface area (Å²) in [4.78, 5) is 26.2. The van der Waals surface area contributed by atoms with Gasteiger partial charge >= 0.3 is 0 Å². The van der Waals surface area contributed by atoms with Gasteiger partial charge in [0.25, 0.3) is 11.6 Å². The molecule has 0 fully saturated rings. The van der Waals surface area contributed by atoms with Crippen LogP contribution < -0.4 is 10.1 Å². The van der Waals surface area contributed by atoms with Crippen molar-refractivity contribution in [1.29, 1.82) is 0 Å². The number of anilines is 1. The molecule has 4 aromatic heterocycles. The van der Waals surface area contributed by atoms with Crippen molar-refractivity contribution < 1.29 is 14.1 Å². The molecule has 0 bridgehead atoms. The number of fused-ring (bicyclic) bond motifs is 1. The molecule has 33 heavy (non-hydrogen) atoms. The summed E-state index contributed by atoms with van der Waals surface area (Å²) in [5.74, 6) is 0.411. The monoisotopic (exact) mass is 437 g/mol. The number of ether oxygens (including phenoxy) is 1. The summed E-state index contributed by atoms with van der Waals surface area (Å²) >= 11 is 0. The summed E-state index contributed by atoms with van der Waals surface area (Å²) in [7, 11) is 0. The average molecular weight is 437 g/mol. The number of pyridine rings is 3. The number of aromatic nitrogens is 4. The molecule has 1 aromatic carbocycles. The standard InChI is InChI=1S/C25H19N5O3/c1-16-22-19(14-20(28-25(22)33-30-16)18-6-3-2-4-7-18)24(31)29-23-21(8-5-11-27-23)32-15-17-9-12-26-13-10-17/h2-14H,15H2,1H3,(H,27,29,31). The van der Waals surface area contributed by atoms with E-state index in [0.29, 0.717) is 46.2 Å². The lowest BCUT2D eigenvalue weighted by Crippen LogP contribution is -2.15. The fourth-order valence-electron chi connectivity index (χ4n) is 3.45. The Kier molecular flexibility index (Phi) is 5.47. The third-order valence-corrected chi connectivity index (χ3v) is 5.08. The van der Waals surface area contributed by atoms with Gasteiger partial charge in [-0.25, -0.2) is 9.97 Å². The molecule has 1 N–H and O–H groups in total. The highest BCUT2D eigenvalue weighted by atomic mass is 16.5. The molecule has 4 heterocycles. The smallest absolute Gasteiger partial charge is 0.259 e. The van der Waals surface area contributed by atoms with Gasteiger partial charge in [0.2, 0.25) is 0 Å². The van der Waals surface area contributed by atoms with Gasteiger partial charge in [-0.1, -0.05) is 35.5 Å². The van der Waals surface area contributed by atoms with Gasteiger partial charge in [-0.05, 0) is 42.8 Å². The molecule has 0 saturated carbocycles. The highest BCUT2D eigenvalue weighted by molar-refractivity contribution is 6.13. The molecule has 162 valence electrons. The van der Waals surface area contributed by atoms with Crippen LogP contribution in [0.2, 0.25) is 0 Å². The Morgan fingerprint density at radius 1 is 1.03 bits per heavy atom. The molecule has 0 spiro atoms. The van der Waals surface area contributed by atoms with Crippen LogP contribution in [0, 0.1) is 6.92 Å². The number of hydrogen-bond donors (Lipinski definition) is 1. The second kappa shape index (κ2) is 8.88. The maximum atomic E-state index is 13.4. The maximum Gasteiger partial charge on any atom is 0.259 e. The lowest BCUT2D eigenvalue weighted by Gasteiger charge is -2.12. The van der Waals surface area contributed by atoms with Crippen molar-refractivity contribution >= 4 is 22.8 Å². The Bertz CT molecular complexity index is 1420. The van der Waals surface area contributed by atoms with Crippen molar-refractivity contribution in [2.75, 3.05) is 5.32 Å². The van der Waals surface area contributed by atoms with Crippen LogP contribution in [0.1, 0.15) is 21.6 Å². The van der Waals surface area contributed by atoms with Crippen LogP contribution >= 0.6 is 0 Å². The highest BCUT2D eigenvalue weighted by Gasteiger charge is 2.21. The first-order chi connectivity index (χ1) is 16.2. The van der Waals surface area contributed by atoms with Gasteiger partial charge in [-0.3, -0.25) is 9.78 Å². The van der Waals surface area contributed by atoms with Gasteiger partial charge in [0.05, 0.1) is 22.3 Å². The van der Waals surface area contributed by atoms with Crippen molar-refractivity contribution in [3.05, 3.63) is 96.1 Å². The summed E-state index contributed by atoms with van der Waals surface area (Å²) in [6.45, 7) is 2.09. The Labute approximate surface area is 189 Å². The zero-order chi connectivity index (χ0) is 22.6. The van der Waals surface area contributed by atoms with Crippen molar-refractivity contribution in [2.45, 2.75) is 13.5 Å². The molecule has 1 amide bonds. The second-order valence-electron chi connectivity index (χ2n) is 7.32. The minimum Gasteiger partial charge on any atom is -0.485 e. The van der Waals surface area contributed by atoms with E-state index in [1.54, 1.807) is 43.7 Å². The molecule has 5 aromatic rings. The van der Waals surface area contributed by atoms with E-state index >= 15 is 0 Å². The zero-order valence-electron chi connectivity index (χ0n) is 17.7. The van der Waals surface area contributed by atoms with Crippen LogP contribution in [0.5, 0.6) is 5.75 Å². The molecule has 0 aliphatic carbocycles. The molecular weight excluding hydrogens is 418 g/mol. The number of amides is 1. The zero-order valence-corrected chi connectivity index (χ0v) is 17.7. The summed E-state index contributed by atoms with van der Waals surface area (Å²) in [5.41, 5.74) is 3.70. The molecule has 8 nitrogen and oxygen atoms in total. The van der Waals surface area contributed by atoms with Gasteiger partial charge in [0.15, 0.2) is 11.6 Å². The fourth-order valence-corrected chi connectivity index (χ4v) is 3.45. The van der Waals surface area contributed by atoms with Crippen molar-refractivity contribution in [3.8, 4) is 17.0 Å². The highest BCUT2D eigenvalue weighted by Crippen LogP contribution is 2.29. The first kappa shape index (κ1) is 20.3. The molecule has 0 aliphatic heterocycles. The van der Waals surface area contributed by atoms with Crippen LogP contribution in [-0.2, 0) is 6.61 Å². The van der Waals surface area contributed by atoms with E-state index in [2.05, 4.69) is 25.4 Å². The number of nitrogens with zero attached hydrogens (tertiary/aromatic N) is 4. The predicted octanol–water partition coefficient (Wildman–Crippen LogP) is 4.82. The maximum absolute atomic E-state index is 13.4. The molecule has 8 heteroatoms. The van der Waals surface area contributed by atoms with E-state index in [9.17, 15) is 4.79 Å². The molecule has 0 saturated heterocycles. The Morgan fingerprint density at radius 2 is 1.85 bits per heavy atom. The van der Waals surface area contributed by atoms with Crippen LogP contribution in [-0.4, -0.2) is 26.0 Å². The minimum atomic E-state index is -0.363. The molecule has 0 aliphatic rings. The quantitative estimate of drug-likeness (QED) is 0.406. The minimum absolute atomic E-state index is 0.300. The van der Waals surface area contributed by atoms with E-state index in [1.807, 2.05) is 42.5 Å². The van der Waals surface area contributed by atoms with Crippen LogP contribution in [0.25, 0.3) is 22.4 Å². The number of hydrogen-bond acceptors (Lipinski definition) is 7. The van der Waals surface area contributed by atoms with Gasteiger partial charge in [-0.2, -0.15) is 0 Å². The Morgan fingerprint density at radius 3 is 2.67 bits per heavy atom. The molecule has 0 unspecified atom stereocenters. The first-order valence-electron chi connectivity index (χ1n) is 10.3. The van der Waals surface area contributed by atoms with Gasteiger partial charge in [0, 0.05) is 24.2 Å². The number of nitrogens with one attached hydrogen (secondary N) is 1. The first-order valence-corrected chi connectivity index (χ1v) is 10.3. The summed E-state index contributed by atoms with van der Waals surface area (Å²) in [6.07, 6.45) is 4.99. The van der Waals surface area contributed by atoms with Crippen molar-refractivity contribution in [1.82, 2.24) is 20.1 Å². The lowest BCUT2D eigenvalue weighted by molar-refractivity contribution is 0.102. The van der Waals surface area contributed by atoms with E-state index in [-0.39, 0.29) is 5.91 Å². The van der Waals surface area contributed by atoms with Crippen LogP contribution in [0.15, 0.2) is 83.8 Å². The molecule has 0 radical (unpaired) electrons. The van der Waals surface area contributed by atoms with E-state index in [1.165, 1.54) is 0 Å². The topological polar surface area (TPSA) is 103 Å². The SMILES string of the molecule is Cc1noc2nc(-c3ccccc3)cc(C(=O)Nc3ncccc3OCc3ccncc3)c12. The van der Waals surface area contributed by atoms with E-state index < -0.39 is 0 Å². The van der Waals surface area contributed by atoms with Crippen LogP contribution in [0.3, 0.4) is 0 Å². The van der Waals surface area contributed by atoms with Crippen molar-refractivity contribution in [2.24, 2.45) is 0 Å². The number of carbonyl (C=O) groups excluding carboxylic acids is 1. The Hall–Kier alpha value is -4.59. The van der Waals surface area contributed by atoms with E-state index in [4.69, 9.17) is 9.26 Å². The molecular formula is C25H19N5O3. The van der Waals surface area contributed by atoms with Gasteiger partial charge in [0.1, 0.15) is 6.61 Å². The largest absolute Gasteiger partial charge is 0.485 e. The molecule has 5 rings (SSSR count). The van der Waals surface area contributed by atoms with Gasteiger partial charge in [-0.15, -0.1) is 0 Å².